The summed E-state index contributed by atoms with van der Waals surface area (Å²) in [5, 5.41) is 52.2. The van der Waals surface area contributed by atoms with Crippen LogP contribution in [0.1, 0.15) is 104 Å². The molecule has 1 saturated heterocycles. The lowest BCUT2D eigenvalue weighted by Gasteiger charge is -2.45. The average Bonchev–Trinajstić information content (AvgIpc) is 2.75. The van der Waals surface area contributed by atoms with Crippen molar-refractivity contribution in [3.8, 4) is 0 Å². The van der Waals surface area contributed by atoms with Crippen molar-refractivity contribution < 1.29 is 35.1 Å². The first kappa shape index (κ1) is 29.3. The molecule has 1 amide bonds. The van der Waals surface area contributed by atoms with E-state index in [0.717, 1.165) is 12.8 Å². The zero-order chi connectivity index (χ0) is 24.0. The van der Waals surface area contributed by atoms with Crippen LogP contribution in [-0.4, -0.2) is 74.3 Å². The Hall–Kier alpha value is -0.770. The fourth-order valence-electron chi connectivity index (χ4n) is 4.29. The van der Waals surface area contributed by atoms with Gasteiger partial charge in [0.05, 0.1) is 6.61 Å². The van der Waals surface area contributed by atoms with Crippen molar-refractivity contribution in [1.29, 1.82) is 0 Å². The second-order valence-corrected chi connectivity index (χ2v) is 9.44. The Labute approximate surface area is 193 Å². The lowest BCUT2D eigenvalue weighted by atomic mass is 9.90. The van der Waals surface area contributed by atoms with E-state index in [9.17, 15) is 30.3 Å². The topological polar surface area (TPSA) is 139 Å². The van der Waals surface area contributed by atoms with Gasteiger partial charge in [0.1, 0.15) is 30.5 Å². The standard InChI is InChI=1S/C24H47NO7/c1-3-4-5-6-7-8-9-10-11-12-13-14-15-16-19(27)25-24(2,31)23-22(30)21(29)20(28)18(17-26)32-23/h18,20-23,26,28-31H,3-17H2,1-2H3,(H,25,27)/t18-,20-,21+,22-,23-,24?/m1/s1. The molecule has 6 atom stereocenters. The van der Waals surface area contributed by atoms with Crippen LogP contribution in [0.15, 0.2) is 0 Å². The highest BCUT2D eigenvalue weighted by molar-refractivity contribution is 5.76. The SMILES string of the molecule is CCCCCCCCCCCCCCCC(=O)NC(C)(O)[C@@H]1O[C@H](CO)[C@@H](O)[C@H](O)[C@H]1O. The van der Waals surface area contributed by atoms with Gasteiger partial charge in [-0.05, 0) is 13.3 Å². The number of nitrogens with one attached hydrogen (secondary N) is 1. The Morgan fingerprint density at radius 1 is 0.812 bits per heavy atom. The number of aliphatic hydroxyl groups is 5. The van der Waals surface area contributed by atoms with Crippen LogP contribution in [0, 0.1) is 0 Å². The molecule has 1 unspecified atom stereocenters. The second-order valence-electron chi connectivity index (χ2n) is 9.44. The molecule has 1 heterocycles. The van der Waals surface area contributed by atoms with Crippen molar-refractivity contribution >= 4 is 5.91 Å². The maximum Gasteiger partial charge on any atom is 0.222 e. The van der Waals surface area contributed by atoms with Gasteiger partial charge >= 0.3 is 0 Å². The normalized spacial score (nSPS) is 27.8. The summed E-state index contributed by atoms with van der Waals surface area (Å²) >= 11 is 0. The van der Waals surface area contributed by atoms with Gasteiger partial charge in [0, 0.05) is 6.42 Å². The molecule has 190 valence electrons. The molecule has 0 saturated carbocycles. The molecule has 0 aromatic rings. The predicted octanol–water partition coefficient (Wildman–Crippen LogP) is 2.13. The van der Waals surface area contributed by atoms with Gasteiger partial charge < -0.3 is 35.6 Å². The highest BCUT2D eigenvalue weighted by Crippen LogP contribution is 2.27. The minimum absolute atomic E-state index is 0.241. The lowest BCUT2D eigenvalue weighted by molar-refractivity contribution is -0.271. The summed E-state index contributed by atoms with van der Waals surface area (Å²) < 4.78 is 5.34. The molecule has 0 aromatic heterocycles. The molecule has 8 nitrogen and oxygen atoms in total. The third-order valence-corrected chi connectivity index (χ3v) is 6.35. The highest BCUT2D eigenvalue weighted by atomic mass is 16.6. The molecule has 8 heteroatoms. The molecule has 0 radical (unpaired) electrons. The molecule has 1 aliphatic heterocycles. The fourth-order valence-corrected chi connectivity index (χ4v) is 4.29. The minimum Gasteiger partial charge on any atom is -0.394 e. The highest BCUT2D eigenvalue weighted by Gasteiger charge is 2.50. The first-order chi connectivity index (χ1) is 15.2. The van der Waals surface area contributed by atoms with E-state index in [1.807, 2.05) is 0 Å². The summed E-state index contributed by atoms with van der Waals surface area (Å²) in [6.45, 7) is 2.91. The summed E-state index contributed by atoms with van der Waals surface area (Å²) in [5.74, 6) is -0.380. The van der Waals surface area contributed by atoms with E-state index < -0.39 is 42.9 Å². The van der Waals surface area contributed by atoms with E-state index in [2.05, 4.69) is 12.2 Å². The number of rotatable bonds is 17. The molecule has 1 fully saturated rings. The quantitative estimate of drug-likeness (QED) is 0.144. The van der Waals surface area contributed by atoms with Gasteiger partial charge in [0.25, 0.3) is 0 Å². The Morgan fingerprint density at radius 3 is 1.75 bits per heavy atom. The average molecular weight is 462 g/mol. The third kappa shape index (κ3) is 10.4. The lowest BCUT2D eigenvalue weighted by Crippen LogP contribution is -2.68. The number of ether oxygens (including phenoxy) is 1. The van der Waals surface area contributed by atoms with Gasteiger partial charge in [0.2, 0.25) is 5.91 Å². The van der Waals surface area contributed by atoms with E-state index in [-0.39, 0.29) is 12.3 Å². The summed E-state index contributed by atoms with van der Waals surface area (Å²) in [6, 6.07) is 0. The number of carbonyl (C=O) groups excluding carboxylic acids is 1. The van der Waals surface area contributed by atoms with Crippen LogP contribution >= 0.6 is 0 Å². The van der Waals surface area contributed by atoms with Crippen LogP contribution in [0.4, 0.5) is 0 Å². The maximum absolute atomic E-state index is 12.2. The maximum atomic E-state index is 12.2. The number of aliphatic hydroxyl groups excluding tert-OH is 4. The van der Waals surface area contributed by atoms with Gasteiger partial charge in [-0.25, -0.2) is 0 Å². The molecule has 1 rings (SSSR count). The van der Waals surface area contributed by atoms with E-state index in [1.165, 1.54) is 71.1 Å². The van der Waals surface area contributed by atoms with E-state index in [1.54, 1.807) is 0 Å². The van der Waals surface area contributed by atoms with Crippen molar-refractivity contribution in [2.24, 2.45) is 0 Å². The number of amides is 1. The van der Waals surface area contributed by atoms with Gasteiger partial charge in [-0.1, -0.05) is 84.0 Å². The van der Waals surface area contributed by atoms with Gasteiger partial charge in [-0.3, -0.25) is 4.79 Å². The molecule has 32 heavy (non-hydrogen) atoms. The molecule has 6 N–H and O–H groups in total. The largest absolute Gasteiger partial charge is 0.394 e. The number of carbonyl (C=O) groups is 1. The predicted molar refractivity (Wildman–Crippen MR) is 123 cm³/mol. The van der Waals surface area contributed by atoms with Crippen molar-refractivity contribution in [1.82, 2.24) is 5.32 Å². The molecular formula is C24H47NO7. The van der Waals surface area contributed by atoms with Crippen molar-refractivity contribution in [2.45, 2.75) is 140 Å². The number of hydrogen-bond acceptors (Lipinski definition) is 7. The summed E-state index contributed by atoms with van der Waals surface area (Å²) in [7, 11) is 0. The Kier molecular flexibility index (Phi) is 14.6. The number of unbranched alkanes of at least 4 members (excludes halogenated alkanes) is 12. The molecule has 1 aliphatic rings. The van der Waals surface area contributed by atoms with E-state index in [4.69, 9.17) is 4.74 Å². The van der Waals surface area contributed by atoms with Crippen molar-refractivity contribution in [3.05, 3.63) is 0 Å². The van der Waals surface area contributed by atoms with E-state index >= 15 is 0 Å². The number of hydrogen-bond donors (Lipinski definition) is 6. The van der Waals surface area contributed by atoms with Gasteiger partial charge in [-0.2, -0.15) is 0 Å². The molecule has 0 aliphatic carbocycles. The van der Waals surface area contributed by atoms with Crippen LogP contribution in [0.5, 0.6) is 0 Å². The van der Waals surface area contributed by atoms with Crippen LogP contribution < -0.4 is 5.32 Å². The minimum atomic E-state index is -1.96. The van der Waals surface area contributed by atoms with Crippen molar-refractivity contribution in [2.75, 3.05) is 6.61 Å². The molecule has 0 bridgehead atoms. The third-order valence-electron chi connectivity index (χ3n) is 6.35. The first-order valence-electron chi connectivity index (χ1n) is 12.6. The Bertz CT molecular complexity index is 501. The van der Waals surface area contributed by atoms with Crippen LogP contribution in [0.25, 0.3) is 0 Å². The van der Waals surface area contributed by atoms with Crippen LogP contribution in [0.2, 0.25) is 0 Å². The Balaban J connectivity index is 2.15. The first-order valence-corrected chi connectivity index (χ1v) is 12.6. The molecule has 0 spiro atoms. The van der Waals surface area contributed by atoms with Gasteiger partial charge in [-0.15, -0.1) is 0 Å². The zero-order valence-corrected chi connectivity index (χ0v) is 20.0. The zero-order valence-electron chi connectivity index (χ0n) is 20.0. The summed E-state index contributed by atoms with van der Waals surface area (Å²) in [6.07, 6.45) is 8.74. The second kappa shape index (κ2) is 16.0. The summed E-state index contributed by atoms with van der Waals surface area (Å²) in [5.41, 5.74) is -1.96. The smallest absolute Gasteiger partial charge is 0.222 e. The fraction of sp³-hybridized carbons (Fsp3) is 0.958. The molecular weight excluding hydrogens is 414 g/mol. The van der Waals surface area contributed by atoms with E-state index in [0.29, 0.717) is 6.42 Å². The Morgan fingerprint density at radius 2 is 1.28 bits per heavy atom. The van der Waals surface area contributed by atoms with Crippen LogP contribution in [-0.2, 0) is 9.53 Å². The van der Waals surface area contributed by atoms with Crippen LogP contribution in [0.3, 0.4) is 0 Å². The monoisotopic (exact) mass is 461 g/mol. The molecule has 0 aromatic carbocycles. The van der Waals surface area contributed by atoms with Crippen molar-refractivity contribution in [3.63, 3.8) is 0 Å². The summed E-state index contributed by atoms with van der Waals surface area (Å²) in [4.78, 5) is 12.2. The van der Waals surface area contributed by atoms with Gasteiger partial charge in [0.15, 0.2) is 5.72 Å².